The third-order valence-corrected chi connectivity index (χ3v) is 4.82. The van der Waals surface area contributed by atoms with Crippen molar-refractivity contribution in [3.8, 4) is 0 Å². The molecule has 0 bridgehead atoms. The molecule has 0 unspecified atom stereocenters. The van der Waals surface area contributed by atoms with Crippen molar-refractivity contribution in [3.63, 3.8) is 0 Å². The van der Waals surface area contributed by atoms with E-state index in [1.807, 2.05) is 29.2 Å². The van der Waals surface area contributed by atoms with Crippen molar-refractivity contribution >= 4 is 17.5 Å². The highest BCUT2D eigenvalue weighted by atomic mass is 35.5. The zero-order valence-corrected chi connectivity index (χ0v) is 14.5. The van der Waals surface area contributed by atoms with Crippen molar-refractivity contribution in [3.05, 3.63) is 64.9 Å². The summed E-state index contributed by atoms with van der Waals surface area (Å²) < 4.78 is 0. The second-order valence-electron chi connectivity index (χ2n) is 6.07. The van der Waals surface area contributed by atoms with E-state index in [0.717, 1.165) is 50.6 Å². The van der Waals surface area contributed by atoms with Gasteiger partial charge in [-0.05, 0) is 43.1 Å². The monoisotopic (exact) mass is 343 g/mol. The largest absolute Gasteiger partial charge is 0.336 e. The summed E-state index contributed by atoms with van der Waals surface area (Å²) in [5, 5.41) is 0.851. The number of carbonyl (C=O) groups is 1. The summed E-state index contributed by atoms with van der Waals surface area (Å²) in [6.07, 6.45) is 5.40. The average Bonchev–Trinajstić information content (AvgIpc) is 2.64. The molecular formula is C19H22ClN3O. The summed E-state index contributed by atoms with van der Waals surface area (Å²) >= 11 is 6.20. The van der Waals surface area contributed by atoms with Gasteiger partial charge in [0, 0.05) is 43.6 Å². The highest BCUT2D eigenvalue weighted by Crippen LogP contribution is 2.17. The van der Waals surface area contributed by atoms with Gasteiger partial charge in [-0.1, -0.05) is 29.8 Å². The summed E-state index contributed by atoms with van der Waals surface area (Å²) in [5.41, 5.74) is 1.88. The van der Waals surface area contributed by atoms with Crippen molar-refractivity contribution in [1.82, 2.24) is 14.8 Å². The minimum absolute atomic E-state index is 0.0822. The first-order chi connectivity index (χ1) is 11.7. The Morgan fingerprint density at radius 1 is 1.08 bits per heavy atom. The second kappa shape index (κ2) is 8.27. The van der Waals surface area contributed by atoms with Crippen LogP contribution in [0.3, 0.4) is 0 Å². The van der Waals surface area contributed by atoms with Crippen molar-refractivity contribution < 1.29 is 4.79 Å². The molecule has 0 atom stereocenters. The average molecular weight is 344 g/mol. The first-order valence-corrected chi connectivity index (χ1v) is 8.77. The Hall–Kier alpha value is -1.91. The molecule has 1 saturated heterocycles. The molecule has 1 fully saturated rings. The molecule has 1 amide bonds. The summed E-state index contributed by atoms with van der Waals surface area (Å²) in [5.74, 6) is 0.0822. The number of benzene rings is 1. The lowest BCUT2D eigenvalue weighted by Crippen LogP contribution is -2.48. The van der Waals surface area contributed by atoms with Crippen LogP contribution in [0.2, 0.25) is 5.02 Å². The number of aryl methyl sites for hydroxylation is 1. The van der Waals surface area contributed by atoms with Crippen LogP contribution in [0, 0.1) is 0 Å². The Morgan fingerprint density at radius 2 is 1.88 bits per heavy atom. The molecule has 24 heavy (non-hydrogen) atoms. The second-order valence-corrected chi connectivity index (χ2v) is 6.48. The minimum atomic E-state index is 0.0822. The number of aromatic nitrogens is 1. The molecule has 1 aliphatic heterocycles. The highest BCUT2D eigenvalue weighted by molar-refractivity contribution is 6.31. The van der Waals surface area contributed by atoms with E-state index in [2.05, 4.69) is 16.0 Å². The lowest BCUT2D eigenvalue weighted by atomic mass is 10.1. The van der Waals surface area contributed by atoms with Crippen molar-refractivity contribution in [1.29, 1.82) is 0 Å². The number of pyridine rings is 1. The molecule has 5 heteroatoms. The van der Waals surface area contributed by atoms with E-state index in [4.69, 9.17) is 11.6 Å². The van der Waals surface area contributed by atoms with E-state index in [0.29, 0.717) is 5.56 Å². The van der Waals surface area contributed by atoms with Gasteiger partial charge in [0.15, 0.2) is 0 Å². The van der Waals surface area contributed by atoms with Crippen LogP contribution in [-0.2, 0) is 6.42 Å². The number of nitrogens with zero attached hydrogens (tertiary/aromatic N) is 3. The first-order valence-electron chi connectivity index (χ1n) is 8.39. The summed E-state index contributed by atoms with van der Waals surface area (Å²) in [6, 6.07) is 11.7. The maximum absolute atomic E-state index is 12.4. The third-order valence-electron chi connectivity index (χ3n) is 4.45. The predicted octanol–water partition coefficient (Wildman–Crippen LogP) is 3.13. The molecule has 1 aromatic heterocycles. The minimum Gasteiger partial charge on any atom is -0.336 e. The van der Waals surface area contributed by atoms with E-state index in [1.165, 1.54) is 5.56 Å². The van der Waals surface area contributed by atoms with Gasteiger partial charge < -0.3 is 4.90 Å². The normalized spacial score (nSPS) is 15.5. The predicted molar refractivity (Wildman–Crippen MR) is 96.4 cm³/mol. The molecule has 2 heterocycles. The number of hydrogen-bond acceptors (Lipinski definition) is 3. The standard InChI is InChI=1S/C19H22ClN3O/c20-18-8-2-1-5-16(18)7-4-10-22-11-13-23(14-12-22)19(24)17-6-3-9-21-15-17/h1-3,5-6,8-9,15H,4,7,10-14H2. The Kier molecular flexibility index (Phi) is 5.83. The maximum atomic E-state index is 12.4. The van der Waals surface area contributed by atoms with Gasteiger partial charge >= 0.3 is 0 Å². The molecule has 0 aliphatic carbocycles. The van der Waals surface area contributed by atoms with Gasteiger partial charge in [-0.2, -0.15) is 0 Å². The van der Waals surface area contributed by atoms with Gasteiger partial charge in [-0.15, -0.1) is 0 Å². The van der Waals surface area contributed by atoms with Gasteiger partial charge in [-0.25, -0.2) is 0 Å². The number of piperazine rings is 1. The molecule has 2 aromatic rings. The fourth-order valence-electron chi connectivity index (χ4n) is 3.04. The highest BCUT2D eigenvalue weighted by Gasteiger charge is 2.21. The van der Waals surface area contributed by atoms with Crippen LogP contribution in [0.5, 0.6) is 0 Å². The van der Waals surface area contributed by atoms with Crippen LogP contribution in [0.15, 0.2) is 48.8 Å². The van der Waals surface area contributed by atoms with E-state index >= 15 is 0 Å². The summed E-state index contributed by atoms with van der Waals surface area (Å²) in [4.78, 5) is 20.8. The molecule has 3 rings (SSSR count). The fraction of sp³-hybridized carbons (Fsp3) is 0.368. The lowest BCUT2D eigenvalue weighted by Gasteiger charge is -2.34. The van der Waals surface area contributed by atoms with Gasteiger partial charge in [0.1, 0.15) is 0 Å². The molecule has 126 valence electrons. The molecule has 0 N–H and O–H groups in total. The van der Waals surface area contributed by atoms with Crippen LogP contribution >= 0.6 is 11.6 Å². The van der Waals surface area contributed by atoms with Crippen molar-refractivity contribution in [2.75, 3.05) is 32.7 Å². The van der Waals surface area contributed by atoms with E-state index in [1.54, 1.807) is 18.5 Å². The van der Waals surface area contributed by atoms with E-state index in [9.17, 15) is 4.79 Å². The molecule has 1 aromatic carbocycles. The summed E-state index contributed by atoms with van der Waals surface area (Å²) in [7, 11) is 0. The lowest BCUT2D eigenvalue weighted by molar-refractivity contribution is 0.0635. The van der Waals surface area contributed by atoms with Gasteiger partial charge in [0.25, 0.3) is 5.91 Å². The topological polar surface area (TPSA) is 36.4 Å². The Bertz CT molecular complexity index is 669. The molecule has 0 spiro atoms. The smallest absolute Gasteiger partial charge is 0.255 e. The number of amides is 1. The molecule has 4 nitrogen and oxygen atoms in total. The third kappa shape index (κ3) is 4.34. The van der Waals surface area contributed by atoms with Crippen LogP contribution in [0.1, 0.15) is 22.3 Å². The maximum Gasteiger partial charge on any atom is 0.255 e. The molecule has 0 saturated carbocycles. The van der Waals surface area contributed by atoms with Crippen molar-refractivity contribution in [2.24, 2.45) is 0 Å². The van der Waals surface area contributed by atoms with Crippen LogP contribution in [-0.4, -0.2) is 53.4 Å². The van der Waals surface area contributed by atoms with Crippen molar-refractivity contribution in [2.45, 2.75) is 12.8 Å². The van der Waals surface area contributed by atoms with Gasteiger partial charge in [0.05, 0.1) is 5.56 Å². The number of carbonyl (C=O) groups excluding carboxylic acids is 1. The zero-order chi connectivity index (χ0) is 16.8. The van der Waals surface area contributed by atoms with Crippen LogP contribution in [0.25, 0.3) is 0 Å². The van der Waals surface area contributed by atoms with E-state index in [-0.39, 0.29) is 5.91 Å². The van der Waals surface area contributed by atoms with Crippen LogP contribution < -0.4 is 0 Å². The molecule has 0 radical (unpaired) electrons. The van der Waals surface area contributed by atoms with E-state index < -0.39 is 0 Å². The summed E-state index contributed by atoms with van der Waals surface area (Å²) in [6.45, 7) is 4.45. The molecular weight excluding hydrogens is 322 g/mol. The quantitative estimate of drug-likeness (QED) is 0.837. The number of rotatable bonds is 5. The van der Waals surface area contributed by atoms with Crippen LogP contribution in [0.4, 0.5) is 0 Å². The Labute approximate surface area is 148 Å². The van der Waals surface area contributed by atoms with Gasteiger partial charge in [0.2, 0.25) is 0 Å². The zero-order valence-electron chi connectivity index (χ0n) is 13.7. The number of halogens is 1. The first kappa shape index (κ1) is 16.9. The number of hydrogen-bond donors (Lipinski definition) is 0. The fourth-order valence-corrected chi connectivity index (χ4v) is 3.27. The Morgan fingerprint density at radius 3 is 2.58 bits per heavy atom. The molecule has 1 aliphatic rings. The Balaban J connectivity index is 1.42. The SMILES string of the molecule is O=C(c1cccnc1)N1CCN(CCCc2ccccc2Cl)CC1. The van der Waals surface area contributed by atoms with Gasteiger partial charge in [-0.3, -0.25) is 14.7 Å².